The Balaban J connectivity index is 1.85. The molecule has 0 amide bonds. The van der Waals surface area contributed by atoms with Crippen LogP contribution < -0.4 is 25.3 Å². The molecule has 1 aromatic heterocycles. The van der Waals surface area contributed by atoms with Gasteiger partial charge in [0.05, 0.1) is 20.8 Å². The summed E-state index contributed by atoms with van der Waals surface area (Å²) in [7, 11) is 2.95. The maximum atomic E-state index is 5.67. The van der Waals surface area contributed by atoms with E-state index in [9.17, 15) is 0 Å². The van der Waals surface area contributed by atoms with Crippen LogP contribution in [0.5, 0.6) is 17.8 Å². The number of aromatic nitrogens is 3. The first-order valence-electron chi connectivity index (χ1n) is 6.27. The summed E-state index contributed by atoms with van der Waals surface area (Å²) in [6.45, 7) is 0.935. The van der Waals surface area contributed by atoms with E-state index in [0.29, 0.717) is 30.5 Å². The molecule has 0 bridgehead atoms. The normalized spacial score (nSPS) is 10.0. The van der Waals surface area contributed by atoms with Crippen molar-refractivity contribution in [3.8, 4) is 17.8 Å². The van der Waals surface area contributed by atoms with Crippen molar-refractivity contribution in [2.24, 2.45) is 0 Å². The van der Waals surface area contributed by atoms with E-state index in [2.05, 4.69) is 20.3 Å². The summed E-state index contributed by atoms with van der Waals surface area (Å²) in [6.07, 6.45) is 0. The van der Waals surface area contributed by atoms with Crippen LogP contribution in [0.25, 0.3) is 0 Å². The number of nitrogens with two attached hydrogens (primary N) is 1. The molecule has 21 heavy (non-hydrogen) atoms. The molecular weight excluding hydrogens is 274 g/mol. The van der Waals surface area contributed by atoms with E-state index < -0.39 is 0 Å². The average Bonchev–Trinajstić information content (AvgIpc) is 2.51. The number of benzene rings is 1. The van der Waals surface area contributed by atoms with Crippen LogP contribution >= 0.6 is 0 Å². The lowest BCUT2D eigenvalue weighted by atomic mass is 10.3. The lowest BCUT2D eigenvalue weighted by Crippen LogP contribution is -2.14. The van der Waals surface area contributed by atoms with Gasteiger partial charge in [-0.25, -0.2) is 0 Å². The minimum atomic E-state index is 0.182. The Morgan fingerprint density at radius 3 is 2.43 bits per heavy atom. The number of hydrogen-bond acceptors (Lipinski definition) is 8. The summed E-state index contributed by atoms with van der Waals surface area (Å²) in [5.74, 6) is 1.07. The molecule has 112 valence electrons. The third-order valence-corrected chi connectivity index (χ3v) is 2.47. The molecule has 8 heteroatoms. The maximum absolute atomic E-state index is 5.67. The van der Waals surface area contributed by atoms with Crippen LogP contribution in [0.4, 0.5) is 11.6 Å². The number of nitrogens with one attached hydrogen (secondary N) is 1. The SMILES string of the molecule is COc1nc(NCCOc2cccc(N)c2)nc(OC)n1. The summed E-state index contributed by atoms with van der Waals surface area (Å²) >= 11 is 0. The highest BCUT2D eigenvalue weighted by Gasteiger charge is 2.06. The summed E-state index contributed by atoms with van der Waals surface area (Å²) in [4.78, 5) is 12.0. The van der Waals surface area contributed by atoms with Gasteiger partial charge in [0, 0.05) is 11.8 Å². The minimum Gasteiger partial charge on any atom is -0.492 e. The topological polar surface area (TPSA) is 104 Å². The number of nitrogen functional groups attached to an aromatic ring is 1. The molecule has 0 atom stereocenters. The minimum absolute atomic E-state index is 0.182. The molecule has 3 N–H and O–H groups in total. The predicted octanol–water partition coefficient (Wildman–Crippen LogP) is 0.962. The first-order valence-corrected chi connectivity index (χ1v) is 6.27. The quantitative estimate of drug-likeness (QED) is 0.574. The van der Waals surface area contributed by atoms with Crippen molar-refractivity contribution < 1.29 is 14.2 Å². The second-order valence-electron chi connectivity index (χ2n) is 3.98. The van der Waals surface area contributed by atoms with Crippen molar-refractivity contribution in [3.05, 3.63) is 24.3 Å². The molecule has 0 aliphatic heterocycles. The molecule has 1 heterocycles. The first-order chi connectivity index (χ1) is 10.2. The molecule has 2 rings (SSSR count). The number of ether oxygens (including phenoxy) is 3. The van der Waals surface area contributed by atoms with Crippen molar-refractivity contribution in [2.45, 2.75) is 0 Å². The van der Waals surface area contributed by atoms with Crippen molar-refractivity contribution in [2.75, 3.05) is 38.4 Å². The van der Waals surface area contributed by atoms with Crippen molar-refractivity contribution in [1.29, 1.82) is 0 Å². The number of hydrogen-bond donors (Lipinski definition) is 2. The molecule has 0 aliphatic carbocycles. The third-order valence-electron chi connectivity index (χ3n) is 2.47. The van der Waals surface area contributed by atoms with Gasteiger partial charge in [0.25, 0.3) is 0 Å². The summed E-state index contributed by atoms with van der Waals surface area (Å²) in [6, 6.07) is 7.59. The zero-order chi connectivity index (χ0) is 15.1. The number of anilines is 2. The van der Waals surface area contributed by atoms with E-state index >= 15 is 0 Å². The highest BCUT2D eigenvalue weighted by atomic mass is 16.5. The second kappa shape index (κ2) is 7.13. The fourth-order valence-electron chi connectivity index (χ4n) is 1.54. The van der Waals surface area contributed by atoms with Gasteiger partial charge in [0.1, 0.15) is 12.4 Å². The summed E-state index contributed by atoms with van der Waals surface area (Å²) in [5, 5.41) is 3.00. The van der Waals surface area contributed by atoms with E-state index in [-0.39, 0.29) is 12.0 Å². The first kappa shape index (κ1) is 14.6. The van der Waals surface area contributed by atoms with Gasteiger partial charge in [-0.2, -0.15) is 9.97 Å². The Kier molecular flexibility index (Phi) is 4.97. The molecular formula is C13H17N5O3. The van der Waals surface area contributed by atoms with E-state index in [1.54, 1.807) is 12.1 Å². The van der Waals surface area contributed by atoms with Gasteiger partial charge >= 0.3 is 12.0 Å². The van der Waals surface area contributed by atoms with Crippen LogP contribution in [0, 0.1) is 0 Å². The Hall–Kier alpha value is -2.77. The third kappa shape index (κ3) is 4.37. The molecule has 0 spiro atoms. The molecule has 2 aromatic rings. The van der Waals surface area contributed by atoms with Gasteiger partial charge in [0.15, 0.2) is 0 Å². The van der Waals surface area contributed by atoms with Crippen LogP contribution in [0.1, 0.15) is 0 Å². The van der Waals surface area contributed by atoms with Gasteiger partial charge in [-0.3, -0.25) is 0 Å². The number of nitrogens with zero attached hydrogens (tertiary/aromatic N) is 3. The largest absolute Gasteiger partial charge is 0.492 e. The molecule has 8 nitrogen and oxygen atoms in total. The van der Waals surface area contributed by atoms with E-state index in [0.717, 1.165) is 0 Å². The van der Waals surface area contributed by atoms with Crippen LogP contribution in [0.2, 0.25) is 0 Å². The lowest BCUT2D eigenvalue weighted by Gasteiger charge is -2.09. The zero-order valence-corrected chi connectivity index (χ0v) is 11.9. The van der Waals surface area contributed by atoms with Gasteiger partial charge < -0.3 is 25.3 Å². The van der Waals surface area contributed by atoms with Gasteiger partial charge in [-0.05, 0) is 12.1 Å². The Morgan fingerprint density at radius 1 is 1.10 bits per heavy atom. The molecule has 1 aromatic carbocycles. The van der Waals surface area contributed by atoms with Gasteiger partial charge in [-0.1, -0.05) is 6.07 Å². The zero-order valence-electron chi connectivity index (χ0n) is 11.9. The van der Waals surface area contributed by atoms with Crippen molar-refractivity contribution in [3.63, 3.8) is 0 Å². The molecule has 0 saturated heterocycles. The van der Waals surface area contributed by atoms with Crippen LogP contribution in [-0.4, -0.2) is 42.3 Å². The van der Waals surface area contributed by atoms with Crippen molar-refractivity contribution in [1.82, 2.24) is 15.0 Å². The monoisotopic (exact) mass is 291 g/mol. The lowest BCUT2D eigenvalue weighted by molar-refractivity contribution is 0.330. The predicted molar refractivity (Wildman–Crippen MR) is 77.8 cm³/mol. The Morgan fingerprint density at radius 2 is 1.81 bits per heavy atom. The Bertz CT molecular complexity index is 572. The molecule has 0 fully saturated rings. The molecule has 0 radical (unpaired) electrons. The summed E-state index contributed by atoms with van der Waals surface area (Å²) in [5.41, 5.74) is 6.33. The number of rotatable bonds is 7. The van der Waals surface area contributed by atoms with Crippen LogP contribution in [0.15, 0.2) is 24.3 Å². The molecule has 0 aliphatic rings. The Labute approximate surface area is 122 Å². The highest BCUT2D eigenvalue weighted by Crippen LogP contribution is 2.14. The van der Waals surface area contributed by atoms with Gasteiger partial charge in [-0.15, -0.1) is 4.98 Å². The molecule has 0 unspecified atom stereocenters. The second-order valence-corrected chi connectivity index (χ2v) is 3.98. The van der Waals surface area contributed by atoms with E-state index in [4.69, 9.17) is 19.9 Å². The fourth-order valence-corrected chi connectivity index (χ4v) is 1.54. The highest BCUT2D eigenvalue weighted by molar-refractivity contribution is 5.43. The average molecular weight is 291 g/mol. The van der Waals surface area contributed by atoms with Crippen LogP contribution in [0.3, 0.4) is 0 Å². The summed E-state index contributed by atoms with van der Waals surface area (Å²) < 4.78 is 15.5. The molecule has 0 saturated carbocycles. The van der Waals surface area contributed by atoms with E-state index in [1.807, 2.05) is 12.1 Å². The smallest absolute Gasteiger partial charge is 0.324 e. The number of methoxy groups -OCH3 is 2. The van der Waals surface area contributed by atoms with Crippen molar-refractivity contribution >= 4 is 11.6 Å². The standard InChI is InChI=1S/C13H17N5O3/c1-19-12-16-11(17-13(18-12)20-2)15-6-7-21-10-5-3-4-9(14)8-10/h3-5,8H,6-7,14H2,1-2H3,(H,15,16,17,18). The maximum Gasteiger partial charge on any atom is 0.324 e. The van der Waals surface area contributed by atoms with E-state index in [1.165, 1.54) is 14.2 Å². The fraction of sp³-hybridized carbons (Fsp3) is 0.308. The van der Waals surface area contributed by atoms with Gasteiger partial charge in [0.2, 0.25) is 5.95 Å². The van der Waals surface area contributed by atoms with Crippen LogP contribution in [-0.2, 0) is 0 Å².